The largest absolute Gasteiger partial charge is 0.491 e. The van der Waals surface area contributed by atoms with Crippen LogP contribution in [0, 0.1) is 23.7 Å². The van der Waals surface area contributed by atoms with Crippen LogP contribution in [-0.4, -0.2) is 50.5 Å². The van der Waals surface area contributed by atoms with Crippen molar-refractivity contribution in [2.75, 3.05) is 24.6 Å². The number of sulfonamides is 1. The molecular weight excluding hydrogens is 596 g/mol. The molecule has 2 saturated carbocycles. The monoisotopic (exact) mass is 640 g/mol. The maximum atomic E-state index is 13.7. The van der Waals surface area contributed by atoms with E-state index in [9.17, 15) is 18.3 Å². The minimum Gasteiger partial charge on any atom is -0.491 e. The maximum absolute atomic E-state index is 13.7. The first-order chi connectivity index (χ1) is 21.1. The van der Waals surface area contributed by atoms with Gasteiger partial charge in [0.2, 0.25) is 10.0 Å². The van der Waals surface area contributed by atoms with Gasteiger partial charge < -0.3 is 14.7 Å². The third-order valence-corrected chi connectivity index (χ3v) is 12.4. The Morgan fingerprint density at radius 2 is 1.91 bits per heavy atom. The number of nitrogens with one attached hydrogen (secondary N) is 1. The van der Waals surface area contributed by atoms with E-state index in [4.69, 9.17) is 16.3 Å². The molecule has 2 N–H and O–H groups in total. The number of halogens is 1. The smallest absolute Gasteiger partial charge is 0.264 e. The molecule has 0 saturated heterocycles. The predicted octanol–water partition coefficient (Wildman–Crippen LogP) is 6.49. The zero-order chi connectivity index (χ0) is 31.0. The first-order valence-corrected chi connectivity index (χ1v) is 18.3. The molecule has 44 heavy (non-hydrogen) atoms. The number of fused-ring (bicyclic) bond motifs is 2. The molecule has 0 aromatic heterocycles. The normalized spacial score (nSPS) is 31.1. The molecule has 238 valence electrons. The molecule has 6 atom stereocenters. The molecular formula is C35H45ClN2O5S. The molecule has 6 rings (SSSR count). The van der Waals surface area contributed by atoms with E-state index in [2.05, 4.69) is 28.7 Å². The highest BCUT2D eigenvalue weighted by Gasteiger charge is 2.40. The van der Waals surface area contributed by atoms with Gasteiger partial charge >= 0.3 is 0 Å². The lowest BCUT2D eigenvalue weighted by atomic mass is 9.70. The summed E-state index contributed by atoms with van der Waals surface area (Å²) in [6, 6.07) is 11.3. The Labute approximate surface area is 267 Å². The molecule has 2 bridgehead atoms. The van der Waals surface area contributed by atoms with Crippen molar-refractivity contribution in [3.8, 4) is 5.75 Å². The van der Waals surface area contributed by atoms with Crippen molar-refractivity contribution in [2.45, 2.75) is 82.5 Å². The molecule has 1 amide bonds. The maximum Gasteiger partial charge on any atom is 0.264 e. The number of allylic oxidation sites excluding steroid dienone is 1. The van der Waals surface area contributed by atoms with Gasteiger partial charge in [-0.15, -0.1) is 0 Å². The number of rotatable bonds is 5. The number of aliphatic hydroxyl groups is 1. The summed E-state index contributed by atoms with van der Waals surface area (Å²) in [4.78, 5) is 15.8. The molecule has 2 aliphatic heterocycles. The van der Waals surface area contributed by atoms with E-state index in [0.717, 1.165) is 49.2 Å². The van der Waals surface area contributed by atoms with Gasteiger partial charge in [0, 0.05) is 29.6 Å². The molecule has 0 spiro atoms. The number of carbonyl (C=O) groups excluding carboxylic acids is 1. The average molecular weight is 641 g/mol. The SMILES string of the molecule is CCCc1cc(Cl)ccc1C1COc2ccc3cc2N(C1)CC1CCC1C(O)/C=C/CC(C)C(CC1CC1)S(=O)(=O)NC3=O. The number of amides is 1. The Balaban J connectivity index is 1.37. The number of aryl methyl sites for hydroxylation is 1. The third-order valence-electron chi connectivity index (χ3n) is 10.2. The molecule has 2 aliphatic carbocycles. The quantitative estimate of drug-likeness (QED) is 0.363. The summed E-state index contributed by atoms with van der Waals surface area (Å²) < 4.78 is 36.2. The first kappa shape index (κ1) is 31.4. The number of ether oxygens (including phenoxy) is 1. The highest BCUT2D eigenvalue weighted by atomic mass is 35.5. The number of anilines is 1. The summed E-state index contributed by atoms with van der Waals surface area (Å²) >= 11 is 6.39. The van der Waals surface area contributed by atoms with E-state index >= 15 is 0 Å². The Kier molecular flexibility index (Phi) is 9.32. The summed E-state index contributed by atoms with van der Waals surface area (Å²) in [5.41, 5.74) is 3.52. The lowest BCUT2D eigenvalue weighted by molar-refractivity contribution is 0.0461. The van der Waals surface area contributed by atoms with Gasteiger partial charge in [-0.25, -0.2) is 13.1 Å². The Bertz CT molecular complexity index is 1510. The van der Waals surface area contributed by atoms with Crippen molar-refractivity contribution >= 4 is 33.2 Å². The van der Waals surface area contributed by atoms with Crippen molar-refractivity contribution in [2.24, 2.45) is 23.7 Å². The van der Waals surface area contributed by atoms with Crippen LogP contribution >= 0.6 is 11.6 Å². The summed E-state index contributed by atoms with van der Waals surface area (Å²) in [7, 11) is -3.93. The van der Waals surface area contributed by atoms with Crippen LogP contribution < -0.4 is 14.4 Å². The standard InChI is InChI=1S/C35H45ClN2O5S/c1-3-5-24-17-28(36)12-14-29(24)27-20-38-19-26-10-13-30(26)32(39)7-4-6-22(2)34(16-23-8-9-23)44(41,42)37-35(40)25-11-15-33(43-21-27)31(38)18-25/h4,7,11-12,14-15,17-18,22-23,26-27,30,32,34,39H,3,5-6,8-10,13,16,19-21H2,1-2H3,(H,37,40)/b7-4+. The zero-order valence-electron chi connectivity index (χ0n) is 25.8. The van der Waals surface area contributed by atoms with Gasteiger partial charge in [0.1, 0.15) is 5.75 Å². The van der Waals surface area contributed by atoms with Crippen LogP contribution in [0.1, 0.15) is 86.2 Å². The van der Waals surface area contributed by atoms with Crippen LogP contribution in [0.15, 0.2) is 48.6 Å². The number of carbonyl (C=O) groups is 1. The van der Waals surface area contributed by atoms with Gasteiger partial charge in [0.25, 0.3) is 5.91 Å². The molecule has 2 aromatic carbocycles. The van der Waals surface area contributed by atoms with E-state index in [1.54, 1.807) is 18.2 Å². The summed E-state index contributed by atoms with van der Waals surface area (Å²) in [5.74, 6) is 0.746. The third kappa shape index (κ3) is 6.82. The van der Waals surface area contributed by atoms with Crippen LogP contribution in [0.5, 0.6) is 5.75 Å². The summed E-state index contributed by atoms with van der Waals surface area (Å²) in [6.45, 7) is 5.95. The Hall–Kier alpha value is -2.55. The lowest BCUT2D eigenvalue weighted by Crippen LogP contribution is -2.44. The number of aliphatic hydroxyl groups excluding tert-OH is 1. The molecule has 2 aromatic rings. The Morgan fingerprint density at radius 3 is 2.64 bits per heavy atom. The minimum atomic E-state index is -3.93. The number of hydrogen-bond acceptors (Lipinski definition) is 6. The lowest BCUT2D eigenvalue weighted by Gasteiger charge is -2.42. The van der Waals surface area contributed by atoms with E-state index in [1.165, 1.54) is 11.1 Å². The molecule has 2 heterocycles. The van der Waals surface area contributed by atoms with Crippen molar-refractivity contribution in [3.05, 3.63) is 70.3 Å². The van der Waals surface area contributed by atoms with Crippen molar-refractivity contribution < 1.29 is 23.1 Å². The molecule has 9 heteroatoms. The summed E-state index contributed by atoms with van der Waals surface area (Å²) in [5, 5.41) is 11.3. The predicted molar refractivity (Wildman–Crippen MR) is 175 cm³/mol. The van der Waals surface area contributed by atoms with E-state index in [-0.39, 0.29) is 23.7 Å². The van der Waals surface area contributed by atoms with E-state index in [0.29, 0.717) is 49.8 Å². The highest BCUT2D eigenvalue weighted by molar-refractivity contribution is 7.90. The van der Waals surface area contributed by atoms with Gasteiger partial charge in [-0.1, -0.05) is 62.9 Å². The fraction of sp³-hybridized carbons (Fsp3) is 0.571. The van der Waals surface area contributed by atoms with Crippen LogP contribution in [-0.2, 0) is 16.4 Å². The fourth-order valence-electron chi connectivity index (χ4n) is 7.35. The van der Waals surface area contributed by atoms with Gasteiger partial charge in [-0.05, 0) is 97.2 Å². The average Bonchev–Trinajstić information content (AvgIpc) is 3.80. The van der Waals surface area contributed by atoms with Crippen molar-refractivity contribution in [1.82, 2.24) is 4.72 Å². The molecule has 7 nitrogen and oxygen atoms in total. The zero-order valence-corrected chi connectivity index (χ0v) is 27.3. The van der Waals surface area contributed by atoms with Crippen LogP contribution in [0.2, 0.25) is 5.02 Å². The van der Waals surface area contributed by atoms with Crippen molar-refractivity contribution in [1.29, 1.82) is 0 Å². The summed E-state index contributed by atoms with van der Waals surface area (Å²) in [6.07, 6.45) is 10.3. The molecule has 0 radical (unpaired) electrons. The van der Waals surface area contributed by atoms with Gasteiger partial charge in [0.15, 0.2) is 0 Å². The second-order valence-corrected chi connectivity index (χ2v) is 15.9. The van der Waals surface area contributed by atoms with Gasteiger partial charge in [0.05, 0.1) is 23.6 Å². The minimum absolute atomic E-state index is 0.0671. The second-order valence-electron chi connectivity index (χ2n) is 13.5. The fourth-order valence-corrected chi connectivity index (χ4v) is 9.32. The number of hydrogen-bond donors (Lipinski definition) is 2. The first-order valence-electron chi connectivity index (χ1n) is 16.3. The van der Waals surface area contributed by atoms with Crippen molar-refractivity contribution in [3.63, 3.8) is 0 Å². The van der Waals surface area contributed by atoms with Gasteiger partial charge in [-0.2, -0.15) is 0 Å². The van der Waals surface area contributed by atoms with Crippen LogP contribution in [0.3, 0.4) is 0 Å². The van der Waals surface area contributed by atoms with E-state index in [1.807, 2.05) is 25.1 Å². The number of nitrogens with zero attached hydrogens (tertiary/aromatic N) is 1. The topological polar surface area (TPSA) is 95.9 Å². The van der Waals surface area contributed by atoms with E-state index < -0.39 is 27.3 Å². The number of benzene rings is 2. The molecule has 6 unspecified atom stereocenters. The molecule has 2 fully saturated rings. The molecule has 4 aliphatic rings. The van der Waals surface area contributed by atoms with Crippen LogP contribution in [0.25, 0.3) is 0 Å². The van der Waals surface area contributed by atoms with Crippen LogP contribution in [0.4, 0.5) is 5.69 Å². The Morgan fingerprint density at radius 1 is 1.09 bits per heavy atom. The second kappa shape index (κ2) is 13.1. The highest BCUT2D eigenvalue weighted by Crippen LogP contribution is 2.43. The van der Waals surface area contributed by atoms with Gasteiger partial charge in [-0.3, -0.25) is 4.79 Å².